The molecule has 1 aliphatic heterocycles. The van der Waals surface area contributed by atoms with Gasteiger partial charge in [0.15, 0.2) is 0 Å². The van der Waals surface area contributed by atoms with Crippen molar-refractivity contribution in [1.82, 2.24) is 14.8 Å². The van der Waals surface area contributed by atoms with Crippen molar-refractivity contribution in [2.24, 2.45) is 0 Å². The second-order valence-corrected chi connectivity index (χ2v) is 5.10. The first kappa shape index (κ1) is 10.8. The molecule has 1 N–H and O–H groups in total. The van der Waals surface area contributed by atoms with Crippen LogP contribution in [0.15, 0.2) is 29.0 Å². The number of anilines is 1. The molecule has 1 unspecified atom stereocenters. The van der Waals surface area contributed by atoms with Gasteiger partial charge in [-0.25, -0.2) is 4.68 Å². The Labute approximate surface area is 108 Å². The minimum absolute atomic E-state index is 0.501. The van der Waals surface area contributed by atoms with Gasteiger partial charge in [-0.15, -0.1) is 0 Å². The molecule has 2 aromatic heterocycles. The molecule has 0 amide bonds. The molecular weight excluding hydrogens is 280 g/mol. The number of hydrogen-bond acceptors (Lipinski definition) is 3. The minimum atomic E-state index is 0.501. The highest BCUT2D eigenvalue weighted by atomic mass is 79.9. The zero-order chi connectivity index (χ0) is 11.8. The Balaban J connectivity index is 2.08. The van der Waals surface area contributed by atoms with E-state index >= 15 is 0 Å². The number of aryl methyl sites for hydroxylation is 1. The third kappa shape index (κ3) is 1.84. The Morgan fingerprint density at radius 3 is 2.94 bits per heavy atom. The molecule has 3 rings (SSSR count). The Morgan fingerprint density at radius 2 is 2.18 bits per heavy atom. The fourth-order valence-electron chi connectivity index (χ4n) is 2.06. The standard InChI is InChI=1S/C12H13BrN4/c1-8-4-7-17-12(15-8)10(13)11(16-17)9-2-5-14-6-3-9/h2-3,5-6,8,15H,4,7H2,1H3. The molecule has 3 heterocycles. The summed E-state index contributed by atoms with van der Waals surface area (Å²) in [4.78, 5) is 4.03. The second kappa shape index (κ2) is 4.14. The average molecular weight is 293 g/mol. The second-order valence-electron chi connectivity index (χ2n) is 4.30. The van der Waals surface area contributed by atoms with Gasteiger partial charge in [0.1, 0.15) is 11.5 Å². The van der Waals surface area contributed by atoms with E-state index < -0.39 is 0 Å². The van der Waals surface area contributed by atoms with Gasteiger partial charge in [0.05, 0.1) is 4.47 Å². The van der Waals surface area contributed by atoms with E-state index in [1.54, 1.807) is 12.4 Å². The first-order chi connectivity index (χ1) is 8.25. The predicted octanol–water partition coefficient (Wildman–Crippen LogP) is 2.91. The van der Waals surface area contributed by atoms with E-state index in [1.807, 2.05) is 16.8 Å². The van der Waals surface area contributed by atoms with E-state index in [1.165, 1.54) is 0 Å². The van der Waals surface area contributed by atoms with Crippen molar-refractivity contribution >= 4 is 21.7 Å². The maximum atomic E-state index is 4.63. The summed E-state index contributed by atoms with van der Waals surface area (Å²) in [5.41, 5.74) is 2.06. The molecule has 0 spiro atoms. The molecule has 0 radical (unpaired) electrons. The molecule has 0 saturated carbocycles. The van der Waals surface area contributed by atoms with Crippen LogP contribution in [-0.2, 0) is 6.54 Å². The number of hydrogen-bond donors (Lipinski definition) is 1. The van der Waals surface area contributed by atoms with Gasteiger partial charge in [0.2, 0.25) is 0 Å². The summed E-state index contributed by atoms with van der Waals surface area (Å²) in [6, 6.07) is 4.45. The van der Waals surface area contributed by atoms with E-state index in [2.05, 4.69) is 38.3 Å². The van der Waals surface area contributed by atoms with Gasteiger partial charge in [0.25, 0.3) is 0 Å². The number of nitrogens with one attached hydrogen (secondary N) is 1. The normalized spacial score (nSPS) is 18.6. The molecule has 1 atom stereocenters. The first-order valence-electron chi connectivity index (χ1n) is 5.69. The van der Waals surface area contributed by atoms with Crippen molar-refractivity contribution in [3.05, 3.63) is 29.0 Å². The van der Waals surface area contributed by atoms with Crippen molar-refractivity contribution < 1.29 is 0 Å². The van der Waals surface area contributed by atoms with Gasteiger partial charge < -0.3 is 5.32 Å². The number of fused-ring (bicyclic) bond motifs is 1. The Kier molecular flexibility index (Phi) is 2.63. The summed E-state index contributed by atoms with van der Waals surface area (Å²) in [5.74, 6) is 1.08. The lowest BCUT2D eigenvalue weighted by Gasteiger charge is -2.22. The van der Waals surface area contributed by atoms with Crippen LogP contribution in [0.5, 0.6) is 0 Å². The molecule has 5 heteroatoms. The molecule has 0 fully saturated rings. The van der Waals surface area contributed by atoms with Gasteiger partial charge in [0, 0.05) is 30.5 Å². The molecule has 17 heavy (non-hydrogen) atoms. The van der Waals surface area contributed by atoms with Crippen molar-refractivity contribution in [2.45, 2.75) is 25.9 Å². The zero-order valence-corrected chi connectivity index (χ0v) is 11.1. The molecule has 2 aromatic rings. The monoisotopic (exact) mass is 292 g/mol. The predicted molar refractivity (Wildman–Crippen MR) is 70.9 cm³/mol. The van der Waals surface area contributed by atoms with Gasteiger partial charge in [-0.05, 0) is 41.4 Å². The van der Waals surface area contributed by atoms with Gasteiger partial charge in [-0.1, -0.05) is 0 Å². The lowest BCUT2D eigenvalue weighted by Crippen LogP contribution is -2.25. The Morgan fingerprint density at radius 1 is 1.41 bits per heavy atom. The number of rotatable bonds is 1. The van der Waals surface area contributed by atoms with E-state index in [9.17, 15) is 0 Å². The number of aromatic nitrogens is 3. The molecular formula is C12H13BrN4. The Hall–Kier alpha value is -1.36. The number of nitrogens with zero attached hydrogens (tertiary/aromatic N) is 3. The summed E-state index contributed by atoms with van der Waals surface area (Å²) in [7, 11) is 0. The van der Waals surface area contributed by atoms with Gasteiger partial charge in [-0.3, -0.25) is 4.98 Å². The van der Waals surface area contributed by atoms with Crippen LogP contribution in [0.3, 0.4) is 0 Å². The fraction of sp³-hybridized carbons (Fsp3) is 0.333. The maximum absolute atomic E-state index is 4.63. The highest BCUT2D eigenvalue weighted by molar-refractivity contribution is 9.10. The largest absolute Gasteiger partial charge is 0.367 e. The summed E-state index contributed by atoms with van der Waals surface area (Å²) in [6.07, 6.45) is 4.68. The van der Waals surface area contributed by atoms with E-state index in [0.717, 1.165) is 34.5 Å². The number of pyridine rings is 1. The van der Waals surface area contributed by atoms with E-state index in [-0.39, 0.29) is 0 Å². The highest BCUT2D eigenvalue weighted by Gasteiger charge is 2.22. The molecule has 0 bridgehead atoms. The van der Waals surface area contributed by atoms with Crippen LogP contribution in [0, 0.1) is 0 Å². The zero-order valence-electron chi connectivity index (χ0n) is 9.52. The van der Waals surface area contributed by atoms with E-state index in [4.69, 9.17) is 0 Å². The van der Waals surface area contributed by atoms with Crippen molar-refractivity contribution in [2.75, 3.05) is 5.32 Å². The highest BCUT2D eigenvalue weighted by Crippen LogP contribution is 2.35. The molecule has 0 saturated heterocycles. The van der Waals surface area contributed by atoms with Gasteiger partial charge in [-0.2, -0.15) is 5.10 Å². The summed E-state index contributed by atoms with van der Waals surface area (Å²) >= 11 is 3.63. The van der Waals surface area contributed by atoms with Crippen LogP contribution in [0.1, 0.15) is 13.3 Å². The van der Waals surface area contributed by atoms with Crippen molar-refractivity contribution in [1.29, 1.82) is 0 Å². The third-order valence-electron chi connectivity index (χ3n) is 3.01. The topological polar surface area (TPSA) is 42.7 Å². The molecule has 0 aromatic carbocycles. The van der Waals surface area contributed by atoms with Crippen molar-refractivity contribution in [3.63, 3.8) is 0 Å². The van der Waals surface area contributed by atoms with Crippen LogP contribution < -0.4 is 5.32 Å². The lowest BCUT2D eigenvalue weighted by molar-refractivity contribution is 0.513. The van der Waals surface area contributed by atoms with Crippen molar-refractivity contribution in [3.8, 4) is 11.3 Å². The van der Waals surface area contributed by atoms with Crippen LogP contribution in [0.25, 0.3) is 11.3 Å². The SMILES string of the molecule is CC1CCn2nc(-c3ccncc3)c(Br)c2N1. The minimum Gasteiger partial charge on any atom is -0.367 e. The maximum Gasteiger partial charge on any atom is 0.139 e. The Bertz CT molecular complexity index is 535. The van der Waals surface area contributed by atoms with Crippen LogP contribution >= 0.6 is 15.9 Å². The summed E-state index contributed by atoms with van der Waals surface area (Å²) < 4.78 is 3.06. The first-order valence-corrected chi connectivity index (χ1v) is 6.48. The summed E-state index contributed by atoms with van der Waals surface area (Å²) in [6.45, 7) is 3.15. The smallest absolute Gasteiger partial charge is 0.139 e. The molecule has 88 valence electrons. The summed E-state index contributed by atoms with van der Waals surface area (Å²) in [5, 5.41) is 8.09. The lowest BCUT2D eigenvalue weighted by atomic mass is 10.2. The third-order valence-corrected chi connectivity index (χ3v) is 3.76. The molecule has 4 nitrogen and oxygen atoms in total. The fourth-order valence-corrected chi connectivity index (χ4v) is 2.68. The van der Waals surface area contributed by atoms with Crippen LogP contribution in [0.4, 0.5) is 5.82 Å². The van der Waals surface area contributed by atoms with Crippen LogP contribution in [0.2, 0.25) is 0 Å². The molecule has 0 aliphatic carbocycles. The van der Waals surface area contributed by atoms with Crippen LogP contribution in [-0.4, -0.2) is 20.8 Å². The van der Waals surface area contributed by atoms with E-state index in [0.29, 0.717) is 6.04 Å². The average Bonchev–Trinajstić information content (AvgIpc) is 2.68. The molecule has 1 aliphatic rings. The number of halogens is 1. The quantitative estimate of drug-likeness (QED) is 0.879. The van der Waals surface area contributed by atoms with Gasteiger partial charge >= 0.3 is 0 Å².